The first-order valence-electron chi connectivity index (χ1n) is 8.63. The van der Waals surface area contributed by atoms with Crippen molar-refractivity contribution in [3.63, 3.8) is 0 Å². The lowest BCUT2D eigenvalue weighted by Gasteiger charge is -2.04. The smallest absolute Gasteiger partial charge is 0.115 e. The van der Waals surface area contributed by atoms with Gasteiger partial charge in [-0.05, 0) is 25.3 Å². The molecule has 0 unspecified atom stereocenters. The van der Waals surface area contributed by atoms with E-state index >= 15 is 0 Å². The van der Waals surface area contributed by atoms with Crippen LogP contribution in [0.4, 0.5) is 0 Å². The summed E-state index contributed by atoms with van der Waals surface area (Å²) in [7, 11) is 0. The second kappa shape index (κ2) is 18.8. The fourth-order valence-electron chi connectivity index (χ4n) is 1.97. The standard InChI is InChI=1S/C19H32O4/c20-15-13-11-9-7-5-3-1-2-4-6-8-10-12-14-16-23-18-19(22)17-21/h6,8,14,16,19-22H,1-5,7,9,11,13,15,17-18H2/b8-6-,16-14-/t19-/m0/s1. The van der Waals surface area contributed by atoms with Gasteiger partial charge in [0.2, 0.25) is 0 Å². The van der Waals surface area contributed by atoms with Crippen molar-refractivity contribution in [2.24, 2.45) is 0 Å². The Morgan fingerprint density at radius 3 is 2.09 bits per heavy atom. The molecule has 0 aliphatic rings. The number of rotatable bonds is 14. The molecule has 0 aromatic carbocycles. The number of unbranched alkanes of at least 4 members (excludes halogenated alkanes) is 8. The first-order chi connectivity index (χ1) is 11.3. The van der Waals surface area contributed by atoms with Crippen LogP contribution in [0, 0.1) is 11.8 Å². The Kier molecular flexibility index (Phi) is 17.7. The zero-order chi connectivity index (χ0) is 17.0. The molecule has 0 aromatic rings. The average molecular weight is 324 g/mol. The van der Waals surface area contributed by atoms with Crippen molar-refractivity contribution in [2.45, 2.75) is 63.9 Å². The maximum atomic E-state index is 9.02. The number of aliphatic hydroxyl groups excluding tert-OH is 3. The van der Waals surface area contributed by atoms with Crippen LogP contribution in [-0.4, -0.2) is 41.2 Å². The molecule has 0 spiro atoms. The molecule has 0 saturated carbocycles. The molecule has 0 radical (unpaired) electrons. The number of hydrogen-bond donors (Lipinski definition) is 3. The largest absolute Gasteiger partial charge is 0.498 e. The molecule has 0 amide bonds. The number of hydrogen-bond acceptors (Lipinski definition) is 4. The number of ether oxygens (including phenoxy) is 1. The fourth-order valence-corrected chi connectivity index (χ4v) is 1.97. The second-order valence-electron chi connectivity index (χ2n) is 5.50. The van der Waals surface area contributed by atoms with Gasteiger partial charge in [-0.15, -0.1) is 0 Å². The number of allylic oxidation sites excluding steroid dienone is 3. The summed E-state index contributed by atoms with van der Waals surface area (Å²) in [5.74, 6) is 5.70. The quantitative estimate of drug-likeness (QED) is 0.261. The molecule has 23 heavy (non-hydrogen) atoms. The molecule has 0 aliphatic carbocycles. The van der Waals surface area contributed by atoms with Crippen LogP contribution in [0.25, 0.3) is 0 Å². The predicted molar refractivity (Wildman–Crippen MR) is 93.7 cm³/mol. The van der Waals surface area contributed by atoms with Crippen molar-refractivity contribution in [3.8, 4) is 11.8 Å². The van der Waals surface area contributed by atoms with Gasteiger partial charge in [0.25, 0.3) is 0 Å². The van der Waals surface area contributed by atoms with Gasteiger partial charge < -0.3 is 20.1 Å². The van der Waals surface area contributed by atoms with Gasteiger partial charge in [-0.2, -0.15) is 0 Å². The van der Waals surface area contributed by atoms with Crippen LogP contribution in [0.2, 0.25) is 0 Å². The monoisotopic (exact) mass is 324 g/mol. The van der Waals surface area contributed by atoms with Crippen LogP contribution >= 0.6 is 0 Å². The third-order valence-electron chi connectivity index (χ3n) is 3.31. The van der Waals surface area contributed by atoms with Crippen molar-refractivity contribution in [1.82, 2.24) is 0 Å². The summed E-state index contributed by atoms with van der Waals surface area (Å²) in [5.41, 5.74) is 0. The summed E-state index contributed by atoms with van der Waals surface area (Å²) in [6, 6.07) is 0. The van der Waals surface area contributed by atoms with E-state index in [9.17, 15) is 0 Å². The van der Waals surface area contributed by atoms with Crippen molar-refractivity contribution >= 4 is 0 Å². The van der Waals surface area contributed by atoms with Gasteiger partial charge in [-0.3, -0.25) is 0 Å². The Morgan fingerprint density at radius 2 is 1.43 bits per heavy atom. The molecule has 3 N–H and O–H groups in total. The third-order valence-corrected chi connectivity index (χ3v) is 3.31. The van der Waals surface area contributed by atoms with Crippen LogP contribution in [0.15, 0.2) is 24.5 Å². The van der Waals surface area contributed by atoms with Crippen LogP contribution in [0.3, 0.4) is 0 Å². The van der Waals surface area contributed by atoms with Gasteiger partial charge in [-0.25, -0.2) is 0 Å². The van der Waals surface area contributed by atoms with E-state index in [-0.39, 0.29) is 13.2 Å². The molecular formula is C19H32O4. The van der Waals surface area contributed by atoms with Crippen LogP contribution < -0.4 is 0 Å². The van der Waals surface area contributed by atoms with Crippen LogP contribution in [0.5, 0.6) is 0 Å². The lowest BCUT2D eigenvalue weighted by Crippen LogP contribution is -2.17. The van der Waals surface area contributed by atoms with E-state index < -0.39 is 6.10 Å². The Morgan fingerprint density at radius 1 is 0.826 bits per heavy atom. The fraction of sp³-hybridized carbons (Fsp3) is 0.684. The Balaban J connectivity index is 3.34. The van der Waals surface area contributed by atoms with E-state index in [0.717, 1.165) is 19.3 Å². The van der Waals surface area contributed by atoms with Gasteiger partial charge in [0.05, 0.1) is 12.9 Å². The minimum absolute atomic E-state index is 0.0754. The van der Waals surface area contributed by atoms with Gasteiger partial charge in [0.15, 0.2) is 0 Å². The second-order valence-corrected chi connectivity index (χ2v) is 5.50. The Hall–Kier alpha value is -1.28. The van der Waals surface area contributed by atoms with E-state index in [1.807, 2.05) is 6.08 Å². The first kappa shape index (κ1) is 21.7. The molecule has 4 nitrogen and oxygen atoms in total. The molecule has 0 aliphatic heterocycles. The molecule has 0 saturated heterocycles. The molecule has 4 heteroatoms. The highest BCUT2D eigenvalue weighted by Crippen LogP contribution is 2.09. The van der Waals surface area contributed by atoms with Gasteiger partial charge in [0.1, 0.15) is 12.7 Å². The van der Waals surface area contributed by atoms with E-state index in [2.05, 4.69) is 17.9 Å². The van der Waals surface area contributed by atoms with Crippen molar-refractivity contribution in [1.29, 1.82) is 0 Å². The third kappa shape index (κ3) is 18.7. The lowest BCUT2D eigenvalue weighted by molar-refractivity contribution is 0.0385. The summed E-state index contributed by atoms with van der Waals surface area (Å²) < 4.78 is 4.97. The molecule has 0 rings (SSSR count). The maximum absolute atomic E-state index is 9.02. The summed E-state index contributed by atoms with van der Waals surface area (Å²) in [5, 5.41) is 26.3. The molecule has 0 aromatic heterocycles. The normalized spacial score (nSPS) is 12.5. The molecule has 132 valence electrons. The molecule has 1 atom stereocenters. The van der Waals surface area contributed by atoms with Crippen molar-refractivity contribution in [2.75, 3.05) is 19.8 Å². The molecule has 0 heterocycles. The summed E-state index contributed by atoms with van der Waals surface area (Å²) in [4.78, 5) is 0. The zero-order valence-corrected chi connectivity index (χ0v) is 14.1. The molecule has 0 bridgehead atoms. The van der Waals surface area contributed by atoms with Gasteiger partial charge >= 0.3 is 0 Å². The minimum Gasteiger partial charge on any atom is -0.498 e. The van der Waals surface area contributed by atoms with Crippen molar-refractivity contribution < 1.29 is 20.1 Å². The summed E-state index contributed by atoms with van der Waals surface area (Å²) in [6.45, 7) is 0.100. The van der Waals surface area contributed by atoms with E-state index in [1.54, 1.807) is 6.08 Å². The number of aliphatic hydroxyl groups is 3. The lowest BCUT2D eigenvalue weighted by atomic mass is 10.1. The maximum Gasteiger partial charge on any atom is 0.115 e. The SMILES string of the molecule is OCCCCCCCCCC/C=C\C#C/C=C\OC[C@@H](O)CO. The Labute approximate surface area is 140 Å². The van der Waals surface area contributed by atoms with E-state index in [0.29, 0.717) is 6.61 Å². The highest BCUT2D eigenvalue weighted by atomic mass is 16.5. The minimum atomic E-state index is -0.840. The highest BCUT2D eigenvalue weighted by Gasteiger charge is 1.98. The van der Waals surface area contributed by atoms with Crippen LogP contribution in [-0.2, 0) is 4.74 Å². The highest BCUT2D eigenvalue weighted by molar-refractivity contribution is 5.22. The zero-order valence-electron chi connectivity index (χ0n) is 14.1. The molecule has 0 fully saturated rings. The topological polar surface area (TPSA) is 69.9 Å². The Bertz CT molecular complexity index is 352. The van der Waals surface area contributed by atoms with Crippen LogP contribution in [0.1, 0.15) is 57.8 Å². The van der Waals surface area contributed by atoms with E-state index in [1.165, 1.54) is 44.8 Å². The first-order valence-corrected chi connectivity index (χ1v) is 8.63. The van der Waals surface area contributed by atoms with E-state index in [4.69, 9.17) is 20.1 Å². The summed E-state index contributed by atoms with van der Waals surface area (Å²) in [6.07, 6.45) is 16.8. The average Bonchev–Trinajstić information content (AvgIpc) is 2.57. The van der Waals surface area contributed by atoms with Gasteiger partial charge in [0, 0.05) is 12.7 Å². The van der Waals surface area contributed by atoms with Gasteiger partial charge in [-0.1, -0.05) is 56.4 Å². The summed E-state index contributed by atoms with van der Waals surface area (Å²) >= 11 is 0. The molecular weight excluding hydrogens is 292 g/mol. The van der Waals surface area contributed by atoms with Crippen molar-refractivity contribution in [3.05, 3.63) is 24.5 Å². The predicted octanol–water partition coefficient (Wildman–Crippen LogP) is 2.93.